The standard InChI is InChI=1S/C22H27NO5S/c1-3-28-22(27)18-14-10-11(2)4-9-15(14)29-20(18)23-19(24)16-12-5-7-13(8-6-12)17(16)21(25)26/h5,7,11-13,16-17H,3-4,6,8-10H2,1-2H3,(H,23,24)(H,25,26)/p-1/t11-,12+,13-,16-,17-/m0/s1. The molecule has 4 aliphatic rings. The van der Waals surface area contributed by atoms with Gasteiger partial charge in [0, 0.05) is 16.8 Å². The fourth-order valence-corrected chi connectivity index (χ4v) is 6.37. The number of carbonyl (C=O) groups excluding carboxylic acids is 3. The molecule has 29 heavy (non-hydrogen) atoms. The molecular formula is C22H26NO5S-. The molecular weight excluding hydrogens is 390 g/mol. The van der Waals surface area contributed by atoms with Gasteiger partial charge in [0.15, 0.2) is 0 Å². The average molecular weight is 417 g/mol. The lowest BCUT2D eigenvalue weighted by Crippen LogP contribution is -2.51. The van der Waals surface area contributed by atoms with Gasteiger partial charge in [-0.25, -0.2) is 4.79 Å². The van der Waals surface area contributed by atoms with Gasteiger partial charge in [-0.15, -0.1) is 11.3 Å². The molecule has 1 N–H and O–H groups in total. The van der Waals surface area contributed by atoms with Crippen LogP contribution in [-0.4, -0.2) is 24.5 Å². The van der Waals surface area contributed by atoms with Crippen molar-refractivity contribution < 1.29 is 24.2 Å². The minimum absolute atomic E-state index is 0.108. The van der Waals surface area contributed by atoms with E-state index in [-0.39, 0.29) is 24.3 Å². The number of fused-ring (bicyclic) bond motifs is 3. The van der Waals surface area contributed by atoms with Gasteiger partial charge in [-0.3, -0.25) is 4.79 Å². The van der Waals surface area contributed by atoms with E-state index >= 15 is 0 Å². The van der Waals surface area contributed by atoms with Crippen LogP contribution in [0, 0.1) is 29.6 Å². The molecule has 4 aliphatic carbocycles. The molecule has 0 saturated heterocycles. The van der Waals surface area contributed by atoms with Crippen LogP contribution in [-0.2, 0) is 27.2 Å². The van der Waals surface area contributed by atoms with Gasteiger partial charge in [0.05, 0.1) is 18.1 Å². The summed E-state index contributed by atoms with van der Waals surface area (Å²) in [5.74, 6) is -3.22. The van der Waals surface area contributed by atoms with E-state index in [1.54, 1.807) is 6.92 Å². The number of rotatable bonds is 5. The minimum Gasteiger partial charge on any atom is -0.550 e. The number of anilines is 1. The van der Waals surface area contributed by atoms with E-state index in [9.17, 15) is 19.5 Å². The third kappa shape index (κ3) is 3.61. The largest absolute Gasteiger partial charge is 0.550 e. The molecule has 2 bridgehead atoms. The van der Waals surface area contributed by atoms with E-state index in [1.165, 1.54) is 11.3 Å². The van der Waals surface area contributed by atoms with Crippen molar-refractivity contribution in [2.75, 3.05) is 11.9 Å². The molecule has 1 aromatic heterocycles. The predicted octanol–water partition coefficient (Wildman–Crippen LogP) is 2.57. The second-order valence-corrected chi connectivity index (χ2v) is 9.53. The molecule has 1 amide bonds. The zero-order chi connectivity index (χ0) is 20.7. The van der Waals surface area contributed by atoms with Crippen LogP contribution < -0.4 is 10.4 Å². The van der Waals surface area contributed by atoms with Gasteiger partial charge in [-0.1, -0.05) is 19.1 Å². The Kier molecular flexibility index (Phi) is 5.51. The lowest BCUT2D eigenvalue weighted by atomic mass is 9.62. The topological polar surface area (TPSA) is 95.5 Å². The number of allylic oxidation sites excluding steroid dienone is 2. The Bertz CT molecular complexity index is 873. The highest BCUT2D eigenvalue weighted by Gasteiger charge is 2.45. The Morgan fingerprint density at radius 1 is 1.17 bits per heavy atom. The summed E-state index contributed by atoms with van der Waals surface area (Å²) in [7, 11) is 0. The van der Waals surface area contributed by atoms with Crippen molar-refractivity contribution in [3.63, 3.8) is 0 Å². The molecule has 7 heteroatoms. The number of aliphatic carboxylic acids is 1. The molecule has 0 radical (unpaired) electrons. The lowest BCUT2D eigenvalue weighted by molar-refractivity contribution is -0.316. The van der Waals surface area contributed by atoms with Crippen molar-refractivity contribution in [3.8, 4) is 0 Å². The smallest absolute Gasteiger partial charge is 0.341 e. The summed E-state index contributed by atoms with van der Waals surface area (Å²) in [5.41, 5.74) is 1.43. The summed E-state index contributed by atoms with van der Waals surface area (Å²) < 4.78 is 5.27. The van der Waals surface area contributed by atoms with Crippen LogP contribution in [0.25, 0.3) is 0 Å². The summed E-state index contributed by atoms with van der Waals surface area (Å²) in [6.07, 6.45) is 8.15. The molecule has 1 heterocycles. The van der Waals surface area contributed by atoms with E-state index in [2.05, 4.69) is 12.2 Å². The SMILES string of the molecule is CCOC(=O)c1c(NC(=O)[C@@H]2[C@@H](C(=O)[O-])[C@H]3C=C[C@@H]2CC3)sc2c1C[C@@H](C)CC2. The highest BCUT2D eigenvalue weighted by atomic mass is 32.1. The first-order valence-electron chi connectivity index (χ1n) is 10.4. The van der Waals surface area contributed by atoms with Crippen LogP contribution >= 0.6 is 11.3 Å². The first-order chi connectivity index (χ1) is 13.9. The number of aryl methyl sites for hydroxylation is 1. The number of carbonyl (C=O) groups is 3. The monoisotopic (exact) mass is 416 g/mol. The minimum atomic E-state index is -1.17. The van der Waals surface area contributed by atoms with Crippen molar-refractivity contribution in [3.05, 3.63) is 28.2 Å². The highest BCUT2D eigenvalue weighted by molar-refractivity contribution is 7.17. The summed E-state index contributed by atoms with van der Waals surface area (Å²) in [4.78, 5) is 38.8. The van der Waals surface area contributed by atoms with Crippen molar-refractivity contribution >= 4 is 34.2 Å². The molecule has 1 aromatic rings. The van der Waals surface area contributed by atoms with Gasteiger partial charge in [-0.05, 0) is 62.3 Å². The van der Waals surface area contributed by atoms with Crippen LogP contribution in [0.4, 0.5) is 5.00 Å². The van der Waals surface area contributed by atoms with Gasteiger partial charge >= 0.3 is 5.97 Å². The Labute approximate surface area is 174 Å². The quantitative estimate of drug-likeness (QED) is 0.588. The van der Waals surface area contributed by atoms with Gasteiger partial charge in [0.25, 0.3) is 0 Å². The molecule has 0 aliphatic heterocycles. The number of carboxylic acids is 1. The maximum Gasteiger partial charge on any atom is 0.341 e. The molecule has 156 valence electrons. The van der Waals surface area contributed by atoms with Crippen LogP contribution in [0.3, 0.4) is 0 Å². The maximum absolute atomic E-state index is 13.2. The number of nitrogens with one attached hydrogen (secondary N) is 1. The van der Waals surface area contributed by atoms with Crippen LogP contribution in [0.2, 0.25) is 0 Å². The predicted molar refractivity (Wildman–Crippen MR) is 107 cm³/mol. The number of thiophene rings is 1. The fourth-order valence-electron chi connectivity index (χ4n) is 5.13. The molecule has 0 aromatic carbocycles. The van der Waals surface area contributed by atoms with E-state index in [4.69, 9.17) is 4.74 Å². The Balaban J connectivity index is 1.65. The molecule has 5 atom stereocenters. The molecule has 1 saturated carbocycles. The lowest BCUT2D eigenvalue weighted by Gasteiger charge is -2.44. The summed E-state index contributed by atoms with van der Waals surface area (Å²) in [5, 5.41) is 15.2. The van der Waals surface area contributed by atoms with E-state index < -0.39 is 23.8 Å². The zero-order valence-corrected chi connectivity index (χ0v) is 17.6. The van der Waals surface area contributed by atoms with E-state index in [0.29, 0.717) is 16.5 Å². The Morgan fingerprint density at radius 3 is 2.48 bits per heavy atom. The average Bonchev–Trinajstić information content (AvgIpc) is 3.05. The second kappa shape index (κ2) is 7.94. The first kappa shape index (κ1) is 20.1. The fraction of sp³-hybridized carbons (Fsp3) is 0.591. The van der Waals surface area contributed by atoms with Gasteiger partial charge in [-0.2, -0.15) is 0 Å². The summed E-state index contributed by atoms with van der Waals surface area (Å²) in [6.45, 7) is 4.17. The van der Waals surface area contributed by atoms with Crippen LogP contribution in [0.1, 0.15) is 53.9 Å². The van der Waals surface area contributed by atoms with E-state index in [0.717, 1.165) is 42.5 Å². The van der Waals surface area contributed by atoms with Gasteiger partial charge in [0.2, 0.25) is 5.91 Å². The number of ether oxygens (including phenoxy) is 1. The van der Waals surface area contributed by atoms with Crippen molar-refractivity contribution in [2.45, 2.75) is 46.0 Å². The first-order valence-corrected chi connectivity index (χ1v) is 11.2. The highest BCUT2D eigenvalue weighted by Crippen LogP contribution is 2.46. The van der Waals surface area contributed by atoms with Crippen molar-refractivity contribution in [1.82, 2.24) is 0 Å². The van der Waals surface area contributed by atoms with Crippen molar-refractivity contribution in [2.24, 2.45) is 29.6 Å². The molecule has 0 unspecified atom stereocenters. The zero-order valence-electron chi connectivity index (χ0n) is 16.7. The van der Waals surface area contributed by atoms with Crippen LogP contribution in [0.5, 0.6) is 0 Å². The number of esters is 1. The second-order valence-electron chi connectivity index (χ2n) is 8.43. The Hall–Kier alpha value is -2.15. The van der Waals surface area contributed by atoms with Gasteiger partial charge < -0.3 is 20.0 Å². The molecule has 5 rings (SSSR count). The number of amides is 1. The molecule has 1 fully saturated rings. The molecule has 0 spiro atoms. The number of hydrogen-bond acceptors (Lipinski definition) is 6. The third-order valence-corrected chi connectivity index (χ3v) is 7.75. The molecule has 6 nitrogen and oxygen atoms in total. The number of carboxylic acid groups (broad SMARTS) is 1. The maximum atomic E-state index is 13.2. The number of hydrogen-bond donors (Lipinski definition) is 1. The third-order valence-electron chi connectivity index (χ3n) is 6.55. The van der Waals surface area contributed by atoms with Crippen molar-refractivity contribution in [1.29, 1.82) is 0 Å². The van der Waals surface area contributed by atoms with Crippen LogP contribution in [0.15, 0.2) is 12.2 Å². The summed E-state index contributed by atoms with van der Waals surface area (Å²) in [6, 6.07) is 0. The Morgan fingerprint density at radius 2 is 1.86 bits per heavy atom. The normalized spacial score (nSPS) is 29.9. The summed E-state index contributed by atoms with van der Waals surface area (Å²) >= 11 is 1.43. The van der Waals surface area contributed by atoms with Gasteiger partial charge in [0.1, 0.15) is 5.00 Å². The van der Waals surface area contributed by atoms with E-state index in [1.807, 2.05) is 12.2 Å².